The zero-order chi connectivity index (χ0) is 23.1. The summed E-state index contributed by atoms with van der Waals surface area (Å²) in [6.45, 7) is 8.13. The molecule has 0 aliphatic rings. The molecule has 0 aliphatic carbocycles. The van der Waals surface area contributed by atoms with Gasteiger partial charge in [0.25, 0.3) is 0 Å². The van der Waals surface area contributed by atoms with Crippen LogP contribution < -0.4 is 5.32 Å². The van der Waals surface area contributed by atoms with E-state index in [-0.39, 0.29) is 12.6 Å². The van der Waals surface area contributed by atoms with Gasteiger partial charge in [-0.2, -0.15) is 0 Å². The van der Waals surface area contributed by atoms with Gasteiger partial charge in [0.2, 0.25) is 0 Å². The van der Waals surface area contributed by atoms with Crippen LogP contribution in [-0.4, -0.2) is 91.1 Å². The highest BCUT2D eigenvalue weighted by Gasteiger charge is 2.06. The van der Waals surface area contributed by atoms with Crippen molar-refractivity contribution in [2.75, 3.05) is 90.4 Å². The minimum absolute atomic E-state index is 0.204. The van der Waals surface area contributed by atoms with E-state index in [1.165, 1.54) is 0 Å². The molecule has 9 heteroatoms. The summed E-state index contributed by atoms with van der Waals surface area (Å²) in [4.78, 5) is 12.0. The van der Waals surface area contributed by atoms with Gasteiger partial charge < -0.3 is 33.7 Å². The smallest absolute Gasteiger partial charge is 0.338 e. The maximum atomic E-state index is 12.0. The summed E-state index contributed by atoms with van der Waals surface area (Å²) in [6.07, 6.45) is 2.26. The molecule has 0 fully saturated rings. The molecule has 0 heterocycles. The fraction of sp³-hybridized carbons (Fsp3) is 0.696. The first-order valence-corrected chi connectivity index (χ1v) is 11.8. The zero-order valence-electron chi connectivity index (χ0n) is 19.2. The van der Waals surface area contributed by atoms with Gasteiger partial charge in [0.1, 0.15) is 6.61 Å². The third-order valence-electron chi connectivity index (χ3n) is 4.15. The second kappa shape index (κ2) is 21.4. The second-order valence-electron chi connectivity index (χ2n) is 6.74. The molecule has 8 nitrogen and oxygen atoms in total. The van der Waals surface area contributed by atoms with Gasteiger partial charge in [-0.15, -0.1) is 11.6 Å². The molecular formula is C23H38ClNO7. The van der Waals surface area contributed by atoms with Crippen molar-refractivity contribution >= 4 is 23.3 Å². The van der Waals surface area contributed by atoms with Gasteiger partial charge in [-0.1, -0.05) is 13.3 Å². The van der Waals surface area contributed by atoms with Gasteiger partial charge in [-0.3, -0.25) is 0 Å². The molecule has 1 aromatic rings. The van der Waals surface area contributed by atoms with Crippen LogP contribution in [0.15, 0.2) is 24.3 Å². The number of hydrogen-bond donors (Lipinski definition) is 1. The number of rotatable bonds is 22. The van der Waals surface area contributed by atoms with Crippen molar-refractivity contribution in [3.05, 3.63) is 29.8 Å². The maximum absolute atomic E-state index is 12.0. The van der Waals surface area contributed by atoms with E-state index in [0.29, 0.717) is 77.5 Å². The molecule has 0 radical (unpaired) electrons. The lowest BCUT2D eigenvalue weighted by Crippen LogP contribution is -2.15. The van der Waals surface area contributed by atoms with Crippen molar-refractivity contribution in [1.29, 1.82) is 0 Å². The lowest BCUT2D eigenvalue weighted by molar-refractivity contribution is -0.0145. The van der Waals surface area contributed by atoms with Crippen LogP contribution in [0.5, 0.6) is 0 Å². The van der Waals surface area contributed by atoms with Gasteiger partial charge in [0.05, 0.1) is 71.6 Å². The number of carbonyl (C=O) groups is 1. The highest BCUT2D eigenvalue weighted by Crippen LogP contribution is 2.10. The summed E-state index contributed by atoms with van der Waals surface area (Å²) < 4.78 is 31.9. The van der Waals surface area contributed by atoms with Crippen LogP contribution in [-0.2, 0) is 28.4 Å². The number of unbranched alkanes of at least 4 members (excludes halogenated alkanes) is 1. The van der Waals surface area contributed by atoms with Crippen LogP contribution in [0.1, 0.15) is 30.1 Å². The Hall–Kier alpha value is -1.42. The number of esters is 1. The number of benzene rings is 1. The van der Waals surface area contributed by atoms with Crippen LogP contribution in [0.25, 0.3) is 0 Å². The van der Waals surface area contributed by atoms with Crippen molar-refractivity contribution < 1.29 is 33.2 Å². The van der Waals surface area contributed by atoms with Crippen molar-refractivity contribution in [3.8, 4) is 0 Å². The number of carbonyl (C=O) groups excluding carboxylic acids is 1. The molecule has 1 aromatic carbocycles. The Balaban J connectivity index is 1.87. The van der Waals surface area contributed by atoms with E-state index in [0.717, 1.165) is 25.1 Å². The average Bonchev–Trinajstić information content (AvgIpc) is 2.81. The molecule has 0 amide bonds. The second-order valence-corrected chi connectivity index (χ2v) is 7.12. The lowest BCUT2D eigenvalue weighted by Gasteiger charge is -2.09. The van der Waals surface area contributed by atoms with Gasteiger partial charge in [0, 0.05) is 18.1 Å². The van der Waals surface area contributed by atoms with Crippen molar-refractivity contribution in [1.82, 2.24) is 0 Å². The quantitative estimate of drug-likeness (QED) is 0.155. The van der Waals surface area contributed by atoms with Crippen molar-refractivity contribution in [2.45, 2.75) is 19.8 Å². The molecule has 0 aromatic heterocycles. The monoisotopic (exact) mass is 475 g/mol. The first-order chi connectivity index (χ1) is 15.8. The topological polar surface area (TPSA) is 84.5 Å². The zero-order valence-corrected chi connectivity index (χ0v) is 19.9. The van der Waals surface area contributed by atoms with E-state index in [2.05, 4.69) is 12.2 Å². The predicted octanol–water partition coefficient (Wildman–Crippen LogP) is 3.38. The lowest BCUT2D eigenvalue weighted by atomic mass is 10.2. The SMILES string of the molecule is CCCCNc1ccc(C(=O)OCCOCCOCCOCCOCCOCCCl)cc1. The van der Waals surface area contributed by atoms with E-state index >= 15 is 0 Å². The Kier molecular flexibility index (Phi) is 19.2. The molecule has 0 saturated heterocycles. The van der Waals surface area contributed by atoms with Gasteiger partial charge in [0.15, 0.2) is 0 Å². The summed E-state index contributed by atoms with van der Waals surface area (Å²) >= 11 is 5.49. The van der Waals surface area contributed by atoms with Crippen LogP contribution in [0, 0.1) is 0 Å². The van der Waals surface area contributed by atoms with E-state index in [4.69, 9.17) is 40.0 Å². The number of alkyl halides is 1. The van der Waals surface area contributed by atoms with Crippen LogP contribution in [0.3, 0.4) is 0 Å². The molecular weight excluding hydrogens is 438 g/mol. The summed E-state index contributed by atoms with van der Waals surface area (Å²) in [6, 6.07) is 7.29. The molecule has 0 bridgehead atoms. The fourth-order valence-electron chi connectivity index (χ4n) is 2.45. The first kappa shape index (κ1) is 28.6. The predicted molar refractivity (Wildman–Crippen MR) is 125 cm³/mol. The van der Waals surface area contributed by atoms with Crippen LogP contribution in [0.2, 0.25) is 0 Å². The summed E-state index contributed by atoms with van der Waals surface area (Å²) in [5, 5.41) is 3.31. The van der Waals surface area contributed by atoms with E-state index < -0.39 is 0 Å². The van der Waals surface area contributed by atoms with Crippen molar-refractivity contribution in [2.24, 2.45) is 0 Å². The molecule has 0 saturated carbocycles. The number of nitrogens with one attached hydrogen (secondary N) is 1. The van der Waals surface area contributed by atoms with Crippen LogP contribution >= 0.6 is 11.6 Å². The number of halogens is 1. The molecule has 0 spiro atoms. The molecule has 0 unspecified atom stereocenters. The number of ether oxygens (including phenoxy) is 6. The third kappa shape index (κ3) is 16.2. The molecule has 1 N–H and O–H groups in total. The van der Waals surface area contributed by atoms with Gasteiger partial charge in [-0.25, -0.2) is 4.79 Å². The summed E-state index contributed by atoms with van der Waals surface area (Å²) in [7, 11) is 0. The first-order valence-electron chi connectivity index (χ1n) is 11.2. The summed E-state index contributed by atoms with van der Waals surface area (Å²) in [5.41, 5.74) is 1.53. The normalized spacial score (nSPS) is 10.9. The minimum Gasteiger partial charge on any atom is -0.460 e. The molecule has 184 valence electrons. The third-order valence-corrected chi connectivity index (χ3v) is 4.30. The van der Waals surface area contributed by atoms with E-state index in [1.54, 1.807) is 12.1 Å². The number of hydrogen-bond acceptors (Lipinski definition) is 8. The summed E-state index contributed by atoms with van der Waals surface area (Å²) in [5.74, 6) is 0.141. The highest BCUT2D eigenvalue weighted by atomic mass is 35.5. The largest absolute Gasteiger partial charge is 0.460 e. The molecule has 0 aliphatic heterocycles. The highest BCUT2D eigenvalue weighted by molar-refractivity contribution is 6.17. The van der Waals surface area contributed by atoms with Gasteiger partial charge >= 0.3 is 5.97 Å². The average molecular weight is 476 g/mol. The Morgan fingerprint density at radius 2 is 1.22 bits per heavy atom. The van der Waals surface area contributed by atoms with Crippen molar-refractivity contribution in [3.63, 3.8) is 0 Å². The van der Waals surface area contributed by atoms with Gasteiger partial charge in [-0.05, 0) is 30.7 Å². The van der Waals surface area contributed by atoms with Crippen LogP contribution in [0.4, 0.5) is 5.69 Å². The molecule has 0 atom stereocenters. The Bertz CT molecular complexity index is 560. The Morgan fingerprint density at radius 1 is 0.750 bits per heavy atom. The maximum Gasteiger partial charge on any atom is 0.338 e. The fourth-order valence-corrected chi connectivity index (χ4v) is 2.56. The Morgan fingerprint density at radius 3 is 1.69 bits per heavy atom. The standard InChI is InChI=1S/C23H38ClNO7/c1-2-3-9-25-22-6-4-21(5-7-22)23(26)32-20-19-31-18-17-30-16-15-29-14-13-28-12-11-27-10-8-24/h4-7,25H,2-3,8-20H2,1H3. The van der Waals surface area contributed by atoms with E-state index in [9.17, 15) is 4.79 Å². The minimum atomic E-state index is -0.353. The number of anilines is 1. The van der Waals surface area contributed by atoms with E-state index in [1.807, 2.05) is 12.1 Å². The molecule has 1 rings (SSSR count). The Labute approximate surface area is 196 Å². The molecule has 32 heavy (non-hydrogen) atoms.